The van der Waals surface area contributed by atoms with E-state index in [2.05, 4.69) is 10.1 Å². The van der Waals surface area contributed by atoms with Gasteiger partial charge >= 0.3 is 0 Å². The average Bonchev–Trinajstić information content (AvgIpc) is 3.27. The molecule has 1 atom stereocenters. The molecule has 5 nitrogen and oxygen atoms in total. The summed E-state index contributed by atoms with van der Waals surface area (Å²) in [5.41, 5.74) is 4.21. The van der Waals surface area contributed by atoms with Crippen LogP contribution in [0.3, 0.4) is 0 Å². The first-order valence-electron chi connectivity index (χ1n) is 9.42. The van der Waals surface area contributed by atoms with Crippen LogP contribution in [0.15, 0.2) is 41.2 Å². The van der Waals surface area contributed by atoms with Crippen LogP contribution < -0.4 is 0 Å². The van der Waals surface area contributed by atoms with Gasteiger partial charge in [-0.2, -0.15) is 5.10 Å². The van der Waals surface area contributed by atoms with Crippen LogP contribution in [0.1, 0.15) is 31.0 Å². The molecule has 0 aliphatic carbocycles. The van der Waals surface area contributed by atoms with Crippen LogP contribution >= 0.6 is 0 Å². The maximum Gasteiger partial charge on any atom is 0.248 e. The van der Waals surface area contributed by atoms with Crippen molar-refractivity contribution in [2.75, 3.05) is 6.54 Å². The topological polar surface area (TPSA) is 50.5 Å². The lowest BCUT2D eigenvalue weighted by Gasteiger charge is -2.17. The van der Waals surface area contributed by atoms with Crippen molar-refractivity contribution in [2.24, 2.45) is 10.9 Å². The van der Waals surface area contributed by atoms with Crippen molar-refractivity contribution in [1.29, 1.82) is 0 Å². The van der Waals surface area contributed by atoms with Crippen molar-refractivity contribution >= 4 is 12.1 Å². The van der Waals surface area contributed by atoms with E-state index >= 15 is 0 Å². The number of hydrogen-bond acceptors (Lipinski definition) is 3. The molecule has 4 rings (SSSR count). The van der Waals surface area contributed by atoms with Crippen LogP contribution in [-0.2, 0) is 17.8 Å². The van der Waals surface area contributed by atoms with Crippen molar-refractivity contribution in [2.45, 2.75) is 39.7 Å². The number of benzene rings is 1. The molecule has 0 N–H and O–H groups in total. The molecule has 140 valence electrons. The van der Waals surface area contributed by atoms with Gasteiger partial charge in [-0.3, -0.25) is 14.5 Å². The Morgan fingerprint density at radius 3 is 2.93 bits per heavy atom. The van der Waals surface area contributed by atoms with Gasteiger partial charge in [-0.1, -0.05) is 6.92 Å². The van der Waals surface area contributed by atoms with E-state index in [0.29, 0.717) is 18.0 Å². The minimum atomic E-state index is -0.227. The SMILES string of the molecule is CCc1cc(-c2ccc(F)c(C)c2)nn1CC(=O)N1C=C2N=CCCC2C1. The Kier molecular flexibility index (Phi) is 4.64. The summed E-state index contributed by atoms with van der Waals surface area (Å²) in [4.78, 5) is 19.0. The zero-order chi connectivity index (χ0) is 19.0. The Labute approximate surface area is 158 Å². The van der Waals surface area contributed by atoms with Crippen molar-refractivity contribution in [1.82, 2.24) is 14.7 Å². The van der Waals surface area contributed by atoms with Gasteiger partial charge < -0.3 is 4.90 Å². The highest BCUT2D eigenvalue weighted by Crippen LogP contribution is 2.29. The zero-order valence-corrected chi connectivity index (χ0v) is 15.7. The Bertz CT molecular complexity index is 944. The number of fused-ring (bicyclic) bond motifs is 1. The molecule has 2 aromatic rings. The van der Waals surface area contributed by atoms with E-state index in [1.54, 1.807) is 28.6 Å². The quantitative estimate of drug-likeness (QED) is 0.828. The van der Waals surface area contributed by atoms with Crippen molar-refractivity contribution < 1.29 is 9.18 Å². The van der Waals surface area contributed by atoms with Crippen LogP contribution in [0.2, 0.25) is 0 Å². The summed E-state index contributed by atoms with van der Waals surface area (Å²) in [6.45, 7) is 4.68. The number of aliphatic imine (C=N–C) groups is 1. The van der Waals surface area contributed by atoms with Gasteiger partial charge in [0.15, 0.2) is 0 Å². The molecule has 1 aromatic carbocycles. The van der Waals surface area contributed by atoms with Gasteiger partial charge in [0.25, 0.3) is 0 Å². The highest BCUT2D eigenvalue weighted by atomic mass is 19.1. The normalized spacial score (nSPS) is 18.6. The van der Waals surface area contributed by atoms with E-state index in [1.807, 2.05) is 25.4 Å². The molecular weight excluding hydrogens is 343 g/mol. The highest BCUT2D eigenvalue weighted by molar-refractivity contribution is 5.78. The second-order valence-corrected chi connectivity index (χ2v) is 7.18. The number of carbonyl (C=O) groups excluding carboxylic acids is 1. The van der Waals surface area contributed by atoms with Crippen LogP contribution in [-0.4, -0.2) is 33.3 Å². The summed E-state index contributed by atoms with van der Waals surface area (Å²) >= 11 is 0. The van der Waals surface area contributed by atoms with Gasteiger partial charge in [0.05, 0.1) is 11.4 Å². The molecule has 1 aromatic heterocycles. The summed E-state index contributed by atoms with van der Waals surface area (Å²) in [6, 6.07) is 6.95. The van der Waals surface area contributed by atoms with Crippen LogP contribution in [0.5, 0.6) is 0 Å². The molecule has 3 heterocycles. The first-order valence-corrected chi connectivity index (χ1v) is 9.42. The van der Waals surface area contributed by atoms with Gasteiger partial charge in [-0.15, -0.1) is 0 Å². The first kappa shape index (κ1) is 17.6. The third-order valence-corrected chi connectivity index (χ3v) is 5.29. The van der Waals surface area contributed by atoms with Gasteiger partial charge in [0, 0.05) is 36.1 Å². The second kappa shape index (κ2) is 7.10. The van der Waals surface area contributed by atoms with E-state index in [0.717, 1.165) is 41.9 Å². The lowest BCUT2D eigenvalue weighted by atomic mass is 10.0. The predicted octanol–water partition coefficient (Wildman–Crippen LogP) is 3.72. The monoisotopic (exact) mass is 366 g/mol. The van der Waals surface area contributed by atoms with Crippen molar-refractivity contribution in [3.8, 4) is 11.3 Å². The number of aryl methyl sites for hydroxylation is 2. The molecule has 0 bridgehead atoms. The van der Waals surface area contributed by atoms with Crippen LogP contribution in [0.4, 0.5) is 4.39 Å². The molecule has 2 aliphatic rings. The standard InChI is InChI=1S/C21H23FN4O/c1-3-17-10-19(15-6-7-18(22)14(2)9-15)24-26(17)13-21(27)25-11-16-5-4-8-23-20(16)12-25/h6-10,12,16H,3-5,11,13H2,1-2H3. The molecule has 0 fully saturated rings. The zero-order valence-electron chi connectivity index (χ0n) is 15.7. The van der Waals surface area contributed by atoms with Crippen molar-refractivity contribution in [3.05, 3.63) is 53.2 Å². The molecule has 6 heteroatoms. The number of aromatic nitrogens is 2. The molecule has 1 amide bonds. The third kappa shape index (κ3) is 3.44. The van der Waals surface area contributed by atoms with E-state index in [9.17, 15) is 9.18 Å². The lowest BCUT2D eigenvalue weighted by molar-refractivity contribution is -0.129. The minimum Gasteiger partial charge on any atom is -0.315 e. The summed E-state index contributed by atoms with van der Waals surface area (Å²) < 4.78 is 15.3. The van der Waals surface area contributed by atoms with E-state index in [4.69, 9.17) is 0 Å². The number of amides is 1. The number of rotatable bonds is 4. The fourth-order valence-corrected chi connectivity index (χ4v) is 3.69. The largest absolute Gasteiger partial charge is 0.315 e. The smallest absolute Gasteiger partial charge is 0.248 e. The van der Waals surface area contributed by atoms with Gasteiger partial charge in [-0.05, 0) is 56.0 Å². The fraction of sp³-hybridized carbons (Fsp3) is 0.381. The Morgan fingerprint density at radius 2 is 2.19 bits per heavy atom. The maximum absolute atomic E-state index is 13.5. The van der Waals surface area contributed by atoms with Gasteiger partial charge in [0.1, 0.15) is 12.4 Å². The van der Waals surface area contributed by atoms with E-state index in [-0.39, 0.29) is 18.3 Å². The lowest BCUT2D eigenvalue weighted by Crippen LogP contribution is -2.30. The third-order valence-electron chi connectivity index (χ3n) is 5.29. The minimum absolute atomic E-state index is 0.0201. The van der Waals surface area contributed by atoms with E-state index < -0.39 is 0 Å². The molecule has 0 saturated carbocycles. The number of halogens is 1. The molecule has 0 spiro atoms. The van der Waals surface area contributed by atoms with E-state index in [1.165, 1.54) is 6.07 Å². The Morgan fingerprint density at radius 1 is 1.33 bits per heavy atom. The van der Waals surface area contributed by atoms with Gasteiger partial charge in [0.2, 0.25) is 5.91 Å². The molecule has 2 aliphatic heterocycles. The molecule has 0 radical (unpaired) electrons. The average molecular weight is 366 g/mol. The Hall–Kier alpha value is -2.76. The first-order chi connectivity index (χ1) is 13.0. The predicted molar refractivity (Wildman–Crippen MR) is 103 cm³/mol. The van der Waals surface area contributed by atoms with Crippen molar-refractivity contribution in [3.63, 3.8) is 0 Å². The summed E-state index contributed by atoms with van der Waals surface area (Å²) in [5, 5.41) is 4.62. The van der Waals surface area contributed by atoms with Gasteiger partial charge in [-0.25, -0.2) is 4.39 Å². The maximum atomic E-state index is 13.5. The fourth-order valence-electron chi connectivity index (χ4n) is 3.69. The highest BCUT2D eigenvalue weighted by Gasteiger charge is 2.29. The van der Waals surface area contributed by atoms with Crippen LogP contribution in [0.25, 0.3) is 11.3 Å². The number of nitrogens with zero attached hydrogens (tertiary/aromatic N) is 4. The van der Waals surface area contributed by atoms with Crippen LogP contribution in [0, 0.1) is 18.7 Å². The molecular formula is C21H23FN4O. The second-order valence-electron chi connectivity index (χ2n) is 7.18. The number of hydrogen-bond donors (Lipinski definition) is 0. The summed E-state index contributed by atoms with van der Waals surface area (Å²) in [6.07, 6.45) is 6.60. The molecule has 27 heavy (non-hydrogen) atoms. The summed E-state index contributed by atoms with van der Waals surface area (Å²) in [5.74, 6) is 0.155. The molecule has 0 saturated heterocycles. The Balaban J connectivity index is 1.54. The summed E-state index contributed by atoms with van der Waals surface area (Å²) in [7, 11) is 0. The molecule has 1 unspecified atom stereocenters. The number of carbonyl (C=O) groups is 1.